The molecule has 0 radical (unpaired) electrons. The van der Waals surface area contributed by atoms with Crippen LogP contribution in [-0.2, 0) is 24.8 Å². The van der Waals surface area contributed by atoms with Crippen molar-refractivity contribution in [2.24, 2.45) is 0 Å². The molecule has 0 spiro atoms. The van der Waals surface area contributed by atoms with E-state index in [4.69, 9.17) is 11.6 Å². The van der Waals surface area contributed by atoms with Gasteiger partial charge in [0.25, 0.3) is 10.0 Å². The number of benzene rings is 2. The molecule has 2 N–H and O–H groups in total. The molecule has 0 aliphatic rings. The van der Waals surface area contributed by atoms with Crippen LogP contribution in [0.5, 0.6) is 0 Å². The maximum absolute atomic E-state index is 12.9. The smallest absolute Gasteiger partial charge is 0.264 e. The highest BCUT2D eigenvalue weighted by Crippen LogP contribution is 2.28. The molecule has 0 aliphatic heterocycles. The second-order valence-electron chi connectivity index (χ2n) is 7.36. The Balaban J connectivity index is 1.79. The van der Waals surface area contributed by atoms with Crippen LogP contribution in [0.15, 0.2) is 65.8 Å². The van der Waals surface area contributed by atoms with Crippen LogP contribution in [0, 0.1) is 6.92 Å². The van der Waals surface area contributed by atoms with Crippen LogP contribution < -0.4 is 14.3 Å². The van der Waals surface area contributed by atoms with Crippen molar-refractivity contribution < 1.29 is 21.6 Å². The van der Waals surface area contributed by atoms with E-state index >= 15 is 0 Å². The predicted octanol–water partition coefficient (Wildman–Crippen LogP) is 3.03. The van der Waals surface area contributed by atoms with E-state index in [0.717, 1.165) is 10.6 Å². The third-order valence-corrected chi connectivity index (χ3v) is 7.53. The first-order chi connectivity index (χ1) is 15.9. The Morgan fingerprint density at radius 2 is 1.65 bits per heavy atom. The number of halogens is 1. The number of carbonyl (C=O) groups excluding carboxylic acids is 1. The number of aromatic nitrogens is 2. The number of carbonyl (C=O) groups is 1. The molecular formula is C21H22ClN5O5S2. The number of sulfonamides is 2. The average Bonchev–Trinajstić information content (AvgIpc) is 2.76. The number of hydrogen-bond acceptors (Lipinski definition) is 7. The van der Waals surface area contributed by atoms with Crippen molar-refractivity contribution in [2.45, 2.75) is 24.8 Å². The van der Waals surface area contributed by atoms with Crippen molar-refractivity contribution in [3.8, 4) is 0 Å². The van der Waals surface area contributed by atoms with Gasteiger partial charge in [-0.1, -0.05) is 17.7 Å². The number of nitrogens with one attached hydrogen (secondary N) is 2. The van der Waals surface area contributed by atoms with Gasteiger partial charge in [0.15, 0.2) is 0 Å². The van der Waals surface area contributed by atoms with Crippen LogP contribution in [0.3, 0.4) is 0 Å². The lowest BCUT2D eigenvalue weighted by molar-refractivity contribution is -0.116. The molecule has 3 rings (SSSR count). The summed E-state index contributed by atoms with van der Waals surface area (Å²) in [6.07, 6.45) is 3.80. The monoisotopic (exact) mass is 523 g/mol. The SMILES string of the molecule is Cc1ccc(Cl)cc1N(C(C)C(=O)Nc1ccc(S(=O)(=O)Nc2ncccn2)cc1)S(C)(=O)=O. The fourth-order valence-corrected chi connectivity index (χ4v) is 5.44. The van der Waals surface area contributed by atoms with Crippen LogP contribution >= 0.6 is 11.6 Å². The molecule has 1 heterocycles. The number of anilines is 3. The molecule has 1 amide bonds. The summed E-state index contributed by atoms with van der Waals surface area (Å²) in [5.74, 6) is -0.693. The zero-order valence-corrected chi connectivity index (χ0v) is 20.8. The topological polar surface area (TPSA) is 138 Å². The summed E-state index contributed by atoms with van der Waals surface area (Å²) in [6, 6.07) is 10.6. The third-order valence-electron chi connectivity index (χ3n) is 4.72. The minimum absolute atomic E-state index is 0.0710. The molecule has 0 saturated carbocycles. The largest absolute Gasteiger partial charge is 0.324 e. The molecule has 0 aliphatic carbocycles. The maximum Gasteiger partial charge on any atom is 0.264 e. The Morgan fingerprint density at radius 1 is 1.03 bits per heavy atom. The molecule has 1 atom stereocenters. The number of amides is 1. The highest BCUT2D eigenvalue weighted by atomic mass is 35.5. The van der Waals surface area contributed by atoms with E-state index in [1.54, 1.807) is 25.1 Å². The van der Waals surface area contributed by atoms with Gasteiger partial charge < -0.3 is 5.32 Å². The Hall–Kier alpha value is -3.22. The summed E-state index contributed by atoms with van der Waals surface area (Å²) in [6.45, 7) is 3.15. The Morgan fingerprint density at radius 3 is 2.24 bits per heavy atom. The molecule has 1 unspecified atom stereocenters. The Bertz CT molecular complexity index is 1400. The maximum atomic E-state index is 12.9. The highest BCUT2D eigenvalue weighted by Gasteiger charge is 2.30. The molecular weight excluding hydrogens is 502 g/mol. The normalized spacial score (nSPS) is 12.6. The lowest BCUT2D eigenvalue weighted by atomic mass is 10.1. The van der Waals surface area contributed by atoms with E-state index in [1.807, 2.05) is 0 Å². The van der Waals surface area contributed by atoms with Crippen molar-refractivity contribution in [3.63, 3.8) is 0 Å². The van der Waals surface area contributed by atoms with E-state index in [2.05, 4.69) is 20.0 Å². The van der Waals surface area contributed by atoms with Gasteiger partial charge in [0, 0.05) is 23.1 Å². The van der Waals surface area contributed by atoms with Gasteiger partial charge in [-0.25, -0.2) is 31.5 Å². The van der Waals surface area contributed by atoms with E-state index < -0.39 is 32.0 Å². The van der Waals surface area contributed by atoms with E-state index in [1.165, 1.54) is 49.6 Å². The first-order valence-electron chi connectivity index (χ1n) is 9.85. The molecule has 34 heavy (non-hydrogen) atoms. The van der Waals surface area contributed by atoms with Crippen LogP contribution in [-0.4, -0.2) is 45.0 Å². The van der Waals surface area contributed by atoms with Crippen molar-refractivity contribution in [3.05, 3.63) is 71.5 Å². The quantitative estimate of drug-likeness (QED) is 0.462. The first-order valence-corrected chi connectivity index (χ1v) is 13.6. The minimum atomic E-state index is -3.94. The zero-order chi connectivity index (χ0) is 25.1. The second kappa shape index (κ2) is 9.95. The summed E-state index contributed by atoms with van der Waals surface area (Å²) >= 11 is 6.04. The van der Waals surface area contributed by atoms with E-state index in [0.29, 0.717) is 10.6 Å². The summed E-state index contributed by atoms with van der Waals surface area (Å²) in [4.78, 5) is 20.5. The van der Waals surface area contributed by atoms with Crippen molar-refractivity contribution >= 4 is 54.9 Å². The number of rotatable bonds is 8. The van der Waals surface area contributed by atoms with Crippen molar-refractivity contribution in [1.29, 1.82) is 0 Å². The second-order valence-corrected chi connectivity index (χ2v) is 11.3. The van der Waals surface area contributed by atoms with Gasteiger partial charge >= 0.3 is 0 Å². The molecule has 0 fully saturated rings. The standard InChI is InChI=1S/C21H22ClN5O5S2/c1-14-5-6-16(22)13-19(14)27(33(3,29)30)15(2)20(28)25-17-7-9-18(10-8-17)34(31,32)26-21-23-11-4-12-24-21/h4-13,15H,1-3H3,(H,25,28)(H,23,24,26). The van der Waals surface area contributed by atoms with Gasteiger partial charge in [0.1, 0.15) is 6.04 Å². The van der Waals surface area contributed by atoms with Gasteiger partial charge in [-0.3, -0.25) is 9.10 Å². The molecule has 0 bridgehead atoms. The Kier molecular flexibility index (Phi) is 7.44. The molecule has 2 aromatic carbocycles. The molecule has 13 heteroatoms. The van der Waals surface area contributed by atoms with Gasteiger partial charge in [0.05, 0.1) is 16.8 Å². The van der Waals surface area contributed by atoms with Crippen molar-refractivity contribution in [1.82, 2.24) is 9.97 Å². The lowest BCUT2D eigenvalue weighted by Crippen LogP contribution is -2.45. The average molecular weight is 524 g/mol. The van der Waals surface area contributed by atoms with Crippen LogP contribution in [0.2, 0.25) is 5.02 Å². The van der Waals surface area contributed by atoms with Gasteiger partial charge in [-0.15, -0.1) is 0 Å². The van der Waals surface area contributed by atoms with E-state index in [9.17, 15) is 21.6 Å². The highest BCUT2D eigenvalue weighted by molar-refractivity contribution is 7.92. The molecule has 180 valence electrons. The Labute approximate surface area is 203 Å². The molecule has 10 nitrogen and oxygen atoms in total. The predicted molar refractivity (Wildman–Crippen MR) is 131 cm³/mol. The van der Waals surface area contributed by atoms with Gasteiger partial charge in [-0.05, 0) is 61.9 Å². The number of aryl methyl sites for hydroxylation is 1. The van der Waals surface area contributed by atoms with Crippen LogP contribution in [0.4, 0.5) is 17.3 Å². The van der Waals surface area contributed by atoms with Gasteiger partial charge in [-0.2, -0.15) is 0 Å². The fraction of sp³-hybridized carbons (Fsp3) is 0.190. The van der Waals surface area contributed by atoms with E-state index in [-0.39, 0.29) is 22.2 Å². The first kappa shape index (κ1) is 25.4. The van der Waals surface area contributed by atoms with Crippen LogP contribution in [0.25, 0.3) is 0 Å². The summed E-state index contributed by atoms with van der Waals surface area (Å²) in [7, 11) is -7.78. The number of nitrogens with zero attached hydrogens (tertiary/aromatic N) is 3. The van der Waals surface area contributed by atoms with Crippen LogP contribution in [0.1, 0.15) is 12.5 Å². The summed E-state index contributed by atoms with van der Waals surface area (Å²) in [5.41, 5.74) is 1.19. The summed E-state index contributed by atoms with van der Waals surface area (Å²) in [5, 5.41) is 2.94. The number of hydrogen-bond donors (Lipinski definition) is 2. The van der Waals surface area contributed by atoms with Crippen molar-refractivity contribution in [2.75, 3.05) is 20.6 Å². The zero-order valence-electron chi connectivity index (χ0n) is 18.4. The van der Waals surface area contributed by atoms with Gasteiger partial charge in [0.2, 0.25) is 21.9 Å². The molecule has 3 aromatic rings. The molecule has 1 aromatic heterocycles. The minimum Gasteiger partial charge on any atom is -0.324 e. The lowest BCUT2D eigenvalue weighted by Gasteiger charge is -2.29. The third kappa shape index (κ3) is 6.01. The fourth-order valence-electron chi connectivity index (χ4n) is 3.10. The summed E-state index contributed by atoms with van der Waals surface area (Å²) < 4.78 is 53.3. The molecule has 0 saturated heterocycles.